The summed E-state index contributed by atoms with van der Waals surface area (Å²) in [5.41, 5.74) is 0.996. The molecule has 29 heavy (non-hydrogen) atoms. The monoisotopic (exact) mass is 400 g/mol. The van der Waals surface area contributed by atoms with Crippen LogP contribution in [-0.4, -0.2) is 25.3 Å². The Kier molecular flexibility index (Phi) is 10.9. The third-order valence-corrected chi connectivity index (χ3v) is 4.88. The number of esters is 1. The number of carbonyl (C=O) groups is 1. The molecule has 0 aliphatic carbocycles. The van der Waals surface area contributed by atoms with Gasteiger partial charge in [0.1, 0.15) is 5.75 Å². The molecule has 1 aromatic rings. The fourth-order valence-corrected chi connectivity index (χ4v) is 3.16. The molecule has 1 heterocycles. The Labute approximate surface area is 175 Å². The van der Waals surface area contributed by atoms with E-state index in [1.807, 2.05) is 29.2 Å². The van der Waals surface area contributed by atoms with E-state index in [0.29, 0.717) is 18.8 Å². The Balaban J connectivity index is 1.79. The number of nitrogens with zero attached hydrogens (tertiary/aromatic N) is 2. The van der Waals surface area contributed by atoms with Gasteiger partial charge in [0.2, 0.25) is 5.88 Å². The van der Waals surface area contributed by atoms with Gasteiger partial charge in [0.15, 0.2) is 0 Å². The molecule has 0 saturated heterocycles. The van der Waals surface area contributed by atoms with Gasteiger partial charge in [0.05, 0.1) is 19.4 Å². The highest BCUT2D eigenvalue weighted by atomic mass is 16.5. The van der Waals surface area contributed by atoms with E-state index in [-0.39, 0.29) is 5.97 Å². The van der Waals surface area contributed by atoms with Gasteiger partial charge in [0.25, 0.3) is 0 Å². The molecule has 0 amide bonds. The van der Waals surface area contributed by atoms with Gasteiger partial charge in [0, 0.05) is 24.4 Å². The average molecular weight is 401 g/mol. The summed E-state index contributed by atoms with van der Waals surface area (Å²) in [6.07, 6.45) is 14.7. The molecule has 160 valence electrons. The lowest BCUT2D eigenvalue weighted by atomic mass is 10.1. The Morgan fingerprint density at radius 1 is 1.03 bits per heavy atom. The maximum absolute atomic E-state index is 11.8. The molecule has 0 fully saturated rings. The van der Waals surface area contributed by atoms with Crippen molar-refractivity contribution >= 4 is 17.9 Å². The van der Waals surface area contributed by atoms with Gasteiger partial charge in [-0.1, -0.05) is 64.9 Å². The van der Waals surface area contributed by atoms with Crippen LogP contribution in [0.15, 0.2) is 41.3 Å². The molecule has 0 atom stereocenters. The van der Waals surface area contributed by atoms with Gasteiger partial charge in [-0.15, -0.1) is 0 Å². The lowest BCUT2D eigenvalue weighted by molar-refractivity contribution is -0.139. The maximum atomic E-state index is 11.8. The number of hydrogen-bond donors (Lipinski definition) is 0. The van der Waals surface area contributed by atoms with Crippen molar-refractivity contribution < 1.29 is 14.3 Å². The zero-order valence-electron chi connectivity index (χ0n) is 18.1. The summed E-state index contributed by atoms with van der Waals surface area (Å²) >= 11 is 0. The molecule has 1 aromatic carbocycles. The van der Waals surface area contributed by atoms with E-state index in [9.17, 15) is 4.79 Å². The summed E-state index contributed by atoms with van der Waals surface area (Å²) in [4.78, 5) is 18.0. The van der Waals surface area contributed by atoms with E-state index < -0.39 is 0 Å². The van der Waals surface area contributed by atoms with Crippen molar-refractivity contribution in [2.75, 3.05) is 18.1 Å². The van der Waals surface area contributed by atoms with Crippen LogP contribution in [0.2, 0.25) is 0 Å². The van der Waals surface area contributed by atoms with Gasteiger partial charge < -0.3 is 14.4 Å². The van der Waals surface area contributed by atoms with Crippen LogP contribution in [0, 0.1) is 0 Å². The number of unbranched alkanes of at least 4 members (excludes halogenated alkanes) is 7. The normalized spacial score (nSPS) is 13.3. The fraction of sp³-hybridized carbons (Fsp3) is 0.583. The van der Waals surface area contributed by atoms with Gasteiger partial charge >= 0.3 is 5.97 Å². The quantitative estimate of drug-likeness (QED) is 0.274. The number of aliphatic imine (C=N–C) groups is 1. The molecular formula is C24H36N2O3. The zero-order valence-corrected chi connectivity index (χ0v) is 18.1. The smallest absolute Gasteiger partial charge is 0.312 e. The van der Waals surface area contributed by atoms with Crippen LogP contribution in [0.4, 0.5) is 5.69 Å². The van der Waals surface area contributed by atoms with Crippen molar-refractivity contribution in [1.82, 2.24) is 0 Å². The molecule has 0 aromatic heterocycles. The molecule has 1 aliphatic heterocycles. The minimum Gasteiger partial charge on any atom is -0.494 e. The minimum atomic E-state index is -0.233. The van der Waals surface area contributed by atoms with Crippen molar-refractivity contribution in [3.63, 3.8) is 0 Å². The van der Waals surface area contributed by atoms with E-state index in [1.165, 1.54) is 38.5 Å². The summed E-state index contributed by atoms with van der Waals surface area (Å²) in [7, 11) is 0. The Morgan fingerprint density at radius 2 is 1.79 bits per heavy atom. The van der Waals surface area contributed by atoms with E-state index in [1.54, 1.807) is 12.4 Å². The lowest BCUT2D eigenvalue weighted by Crippen LogP contribution is -2.23. The summed E-state index contributed by atoms with van der Waals surface area (Å²) < 4.78 is 11.3. The predicted molar refractivity (Wildman–Crippen MR) is 119 cm³/mol. The first-order chi connectivity index (χ1) is 14.2. The van der Waals surface area contributed by atoms with Crippen molar-refractivity contribution in [3.8, 4) is 5.75 Å². The summed E-state index contributed by atoms with van der Waals surface area (Å²) in [5.74, 6) is 0.974. The van der Waals surface area contributed by atoms with Crippen LogP contribution >= 0.6 is 0 Å². The molecule has 0 saturated carbocycles. The number of rotatable bonds is 14. The third kappa shape index (κ3) is 9.16. The highest BCUT2D eigenvalue weighted by Gasteiger charge is 2.13. The van der Waals surface area contributed by atoms with Crippen LogP contribution in [-0.2, 0) is 9.53 Å². The number of anilines is 1. The van der Waals surface area contributed by atoms with Gasteiger partial charge in [-0.2, -0.15) is 0 Å². The van der Waals surface area contributed by atoms with Gasteiger partial charge in [-0.25, -0.2) is 4.99 Å². The van der Waals surface area contributed by atoms with Crippen molar-refractivity contribution in [2.45, 2.75) is 78.1 Å². The van der Waals surface area contributed by atoms with E-state index in [2.05, 4.69) is 18.8 Å². The van der Waals surface area contributed by atoms with Crippen LogP contribution < -0.4 is 9.64 Å². The summed E-state index contributed by atoms with van der Waals surface area (Å²) in [5, 5.41) is 0. The molecule has 0 N–H and O–H groups in total. The minimum absolute atomic E-state index is 0.233. The number of benzene rings is 1. The Morgan fingerprint density at radius 3 is 2.59 bits per heavy atom. The number of carbonyl (C=O) groups excluding carboxylic acids is 1. The van der Waals surface area contributed by atoms with Crippen LogP contribution in [0.1, 0.15) is 78.1 Å². The van der Waals surface area contributed by atoms with Gasteiger partial charge in [-0.3, -0.25) is 4.79 Å². The molecule has 0 unspecified atom stereocenters. The highest BCUT2D eigenvalue weighted by Crippen LogP contribution is 2.24. The zero-order chi connectivity index (χ0) is 20.7. The van der Waals surface area contributed by atoms with Crippen molar-refractivity contribution in [2.24, 2.45) is 4.99 Å². The molecule has 0 radical (unpaired) electrons. The lowest BCUT2D eigenvalue weighted by Gasteiger charge is -2.22. The van der Waals surface area contributed by atoms with Crippen LogP contribution in [0.25, 0.3) is 0 Å². The maximum Gasteiger partial charge on any atom is 0.312 e. The van der Waals surface area contributed by atoms with E-state index in [0.717, 1.165) is 37.3 Å². The SMILES string of the molecule is CCCCCCCCCOc1cccc(N2C=C(OC(=O)CCCC)N=CC2)c1. The molecular weight excluding hydrogens is 364 g/mol. The molecule has 0 bridgehead atoms. The highest BCUT2D eigenvalue weighted by molar-refractivity contribution is 5.74. The second-order valence-electron chi connectivity index (χ2n) is 7.48. The predicted octanol–water partition coefficient (Wildman–Crippen LogP) is 6.24. The second-order valence-corrected chi connectivity index (χ2v) is 7.48. The molecule has 5 heteroatoms. The summed E-state index contributed by atoms with van der Waals surface area (Å²) in [6, 6.07) is 8.01. The number of ether oxygens (including phenoxy) is 2. The second kappa shape index (κ2) is 13.8. The molecule has 0 spiro atoms. The Bertz CT molecular complexity index is 670. The van der Waals surface area contributed by atoms with Crippen molar-refractivity contribution in [3.05, 3.63) is 36.3 Å². The first-order valence-corrected chi connectivity index (χ1v) is 11.2. The Hall–Kier alpha value is -2.30. The third-order valence-electron chi connectivity index (χ3n) is 4.88. The average Bonchev–Trinajstić information content (AvgIpc) is 2.74. The van der Waals surface area contributed by atoms with Crippen LogP contribution in [0.5, 0.6) is 5.75 Å². The first kappa shape index (κ1) is 23.0. The van der Waals surface area contributed by atoms with Crippen LogP contribution in [0.3, 0.4) is 0 Å². The number of hydrogen-bond acceptors (Lipinski definition) is 5. The van der Waals surface area contributed by atoms with Gasteiger partial charge in [-0.05, 0) is 25.0 Å². The van der Waals surface area contributed by atoms with E-state index >= 15 is 0 Å². The fourth-order valence-electron chi connectivity index (χ4n) is 3.16. The topological polar surface area (TPSA) is 51.1 Å². The first-order valence-electron chi connectivity index (χ1n) is 11.2. The van der Waals surface area contributed by atoms with Crippen molar-refractivity contribution in [1.29, 1.82) is 0 Å². The largest absolute Gasteiger partial charge is 0.494 e. The molecule has 5 nitrogen and oxygen atoms in total. The standard InChI is InChI=1S/C24H36N2O3/c1-3-5-7-8-9-10-11-18-28-22-14-12-13-21(19-22)26-17-16-25-23(20-26)29-24(27)15-6-4-2/h12-14,16,19-20H,3-11,15,17-18H2,1-2H3. The van der Waals surface area contributed by atoms with E-state index in [4.69, 9.17) is 9.47 Å². The molecule has 2 rings (SSSR count). The summed E-state index contributed by atoms with van der Waals surface area (Å²) in [6.45, 7) is 5.68. The molecule has 1 aliphatic rings.